The van der Waals surface area contributed by atoms with E-state index in [1.54, 1.807) is 0 Å². The maximum Gasteiger partial charge on any atom is 0.420 e. The first-order chi connectivity index (χ1) is 15.6. The fourth-order valence-corrected chi connectivity index (χ4v) is 6.11. The largest absolute Gasteiger partial charge is 0.420 e. The van der Waals surface area contributed by atoms with Gasteiger partial charge in [-0.2, -0.15) is 4.31 Å². The predicted octanol–water partition coefficient (Wildman–Crippen LogP) is 2.89. The Hall–Kier alpha value is -2.91. The summed E-state index contributed by atoms with van der Waals surface area (Å²) in [7, 11) is -3.71. The second-order valence-corrected chi connectivity index (χ2v) is 11.1. The molecular formula is C24H29N3O5S. The number of amides is 1. The molecular weight excluding hydrogens is 442 g/mol. The first kappa shape index (κ1) is 23.3. The summed E-state index contributed by atoms with van der Waals surface area (Å²) in [5.74, 6) is -0.479. The SMILES string of the molecule is Cc1ccc(CNC(=O)Cn2c(=O)oc3cc(S(=O)(=O)N4CC(C)CC(C)C4)ccc32)cc1. The summed E-state index contributed by atoms with van der Waals surface area (Å²) in [5, 5.41) is 2.79. The van der Waals surface area contributed by atoms with E-state index in [-0.39, 0.29) is 34.8 Å². The zero-order valence-electron chi connectivity index (χ0n) is 19.1. The van der Waals surface area contributed by atoms with E-state index in [0.29, 0.717) is 25.2 Å². The van der Waals surface area contributed by atoms with Gasteiger partial charge in [0.2, 0.25) is 15.9 Å². The normalized spacial score (nSPS) is 19.6. The molecule has 9 heteroatoms. The number of nitrogens with one attached hydrogen (secondary N) is 1. The lowest BCUT2D eigenvalue weighted by atomic mass is 9.94. The highest BCUT2D eigenvalue weighted by atomic mass is 32.2. The van der Waals surface area contributed by atoms with Gasteiger partial charge in [0.1, 0.15) is 6.54 Å². The number of benzene rings is 2. The summed E-state index contributed by atoms with van der Waals surface area (Å²) >= 11 is 0. The Labute approximate surface area is 193 Å². The molecule has 176 valence electrons. The number of oxazole rings is 1. The van der Waals surface area contributed by atoms with Crippen LogP contribution in [-0.4, -0.2) is 36.3 Å². The van der Waals surface area contributed by atoms with E-state index < -0.39 is 15.8 Å². The third-order valence-corrected chi connectivity index (χ3v) is 7.85. The Balaban J connectivity index is 1.52. The summed E-state index contributed by atoms with van der Waals surface area (Å²) in [6, 6.07) is 12.2. The first-order valence-electron chi connectivity index (χ1n) is 11.1. The number of carbonyl (C=O) groups excluding carboxylic acids is 1. The highest BCUT2D eigenvalue weighted by Crippen LogP contribution is 2.28. The summed E-state index contributed by atoms with van der Waals surface area (Å²) in [5.41, 5.74) is 2.61. The van der Waals surface area contributed by atoms with Gasteiger partial charge < -0.3 is 9.73 Å². The molecule has 0 spiro atoms. The molecule has 1 aliphatic rings. The molecule has 0 aliphatic carbocycles. The molecule has 1 aliphatic heterocycles. The number of fused-ring (bicyclic) bond motifs is 1. The van der Waals surface area contributed by atoms with Crippen LogP contribution in [-0.2, 0) is 27.9 Å². The number of sulfonamides is 1. The van der Waals surface area contributed by atoms with Crippen LogP contribution in [0.3, 0.4) is 0 Å². The molecule has 1 amide bonds. The fourth-order valence-electron chi connectivity index (χ4n) is 4.41. The maximum absolute atomic E-state index is 13.2. The van der Waals surface area contributed by atoms with Crippen molar-refractivity contribution in [1.29, 1.82) is 0 Å². The number of carbonyl (C=O) groups is 1. The second-order valence-electron chi connectivity index (χ2n) is 9.11. The van der Waals surface area contributed by atoms with E-state index in [9.17, 15) is 18.0 Å². The molecule has 1 N–H and O–H groups in total. The Morgan fingerprint density at radius 2 is 1.76 bits per heavy atom. The Bertz CT molecular complexity index is 1310. The van der Waals surface area contributed by atoms with Crippen molar-refractivity contribution in [2.24, 2.45) is 11.8 Å². The predicted molar refractivity (Wildman–Crippen MR) is 125 cm³/mol. The van der Waals surface area contributed by atoms with Crippen molar-refractivity contribution < 1.29 is 17.6 Å². The summed E-state index contributed by atoms with van der Waals surface area (Å²) in [6.45, 7) is 7.15. The molecule has 1 saturated heterocycles. The number of nitrogens with zero attached hydrogens (tertiary/aromatic N) is 2. The lowest BCUT2D eigenvalue weighted by Gasteiger charge is -2.34. The van der Waals surface area contributed by atoms with Crippen LogP contribution in [0, 0.1) is 18.8 Å². The van der Waals surface area contributed by atoms with Gasteiger partial charge in [-0.25, -0.2) is 13.2 Å². The number of hydrogen-bond acceptors (Lipinski definition) is 5. The number of piperidine rings is 1. The highest BCUT2D eigenvalue weighted by Gasteiger charge is 2.32. The molecule has 2 unspecified atom stereocenters. The molecule has 0 saturated carbocycles. The smallest absolute Gasteiger partial charge is 0.408 e. The fraction of sp³-hybridized carbons (Fsp3) is 0.417. The zero-order chi connectivity index (χ0) is 23.8. The molecule has 33 heavy (non-hydrogen) atoms. The van der Waals surface area contributed by atoms with Crippen molar-refractivity contribution in [3.63, 3.8) is 0 Å². The second kappa shape index (κ2) is 9.15. The van der Waals surface area contributed by atoms with Gasteiger partial charge >= 0.3 is 5.76 Å². The molecule has 8 nitrogen and oxygen atoms in total. The molecule has 0 radical (unpaired) electrons. The van der Waals surface area contributed by atoms with Crippen molar-refractivity contribution >= 4 is 27.0 Å². The van der Waals surface area contributed by atoms with Gasteiger partial charge in [-0.1, -0.05) is 43.7 Å². The third-order valence-electron chi connectivity index (χ3n) is 6.02. The zero-order valence-corrected chi connectivity index (χ0v) is 19.9. The van der Waals surface area contributed by atoms with Crippen molar-refractivity contribution in [2.75, 3.05) is 13.1 Å². The minimum absolute atomic E-state index is 0.0843. The minimum atomic E-state index is -3.71. The van der Waals surface area contributed by atoms with Gasteiger partial charge in [0, 0.05) is 25.7 Å². The number of rotatable bonds is 6. The van der Waals surface area contributed by atoms with Gasteiger partial charge in [0.15, 0.2) is 5.58 Å². The Kier molecular flexibility index (Phi) is 6.45. The van der Waals surface area contributed by atoms with E-state index in [0.717, 1.165) is 17.5 Å². The van der Waals surface area contributed by atoms with E-state index in [4.69, 9.17) is 4.42 Å². The molecule has 0 bridgehead atoms. The summed E-state index contributed by atoms with van der Waals surface area (Å²) < 4.78 is 34.3. The maximum atomic E-state index is 13.2. The van der Waals surface area contributed by atoms with Crippen LogP contribution in [0.4, 0.5) is 0 Å². The van der Waals surface area contributed by atoms with Gasteiger partial charge in [0.05, 0.1) is 10.4 Å². The van der Waals surface area contributed by atoms with Crippen LogP contribution in [0.1, 0.15) is 31.4 Å². The van der Waals surface area contributed by atoms with Gasteiger partial charge in [-0.15, -0.1) is 0 Å². The van der Waals surface area contributed by atoms with Crippen molar-refractivity contribution in [3.05, 3.63) is 64.1 Å². The topological polar surface area (TPSA) is 102 Å². The first-order valence-corrected chi connectivity index (χ1v) is 12.5. The molecule has 2 aromatic carbocycles. The Morgan fingerprint density at radius 1 is 1.09 bits per heavy atom. The van der Waals surface area contributed by atoms with Crippen molar-refractivity contribution in [1.82, 2.24) is 14.2 Å². The lowest BCUT2D eigenvalue weighted by Crippen LogP contribution is -2.42. The molecule has 2 atom stereocenters. The third kappa shape index (κ3) is 5.04. The molecule has 2 heterocycles. The quantitative estimate of drug-likeness (QED) is 0.596. The summed E-state index contributed by atoms with van der Waals surface area (Å²) in [4.78, 5) is 24.9. The van der Waals surface area contributed by atoms with Crippen LogP contribution in [0.15, 0.2) is 56.6 Å². The molecule has 1 aromatic heterocycles. The monoisotopic (exact) mass is 471 g/mol. The average Bonchev–Trinajstić information content (AvgIpc) is 3.07. The molecule has 1 fully saturated rings. The number of aryl methyl sites for hydroxylation is 1. The highest BCUT2D eigenvalue weighted by molar-refractivity contribution is 7.89. The van der Waals surface area contributed by atoms with Gasteiger partial charge in [0.25, 0.3) is 0 Å². The minimum Gasteiger partial charge on any atom is -0.408 e. The Morgan fingerprint density at radius 3 is 2.42 bits per heavy atom. The molecule has 3 aromatic rings. The van der Waals surface area contributed by atoms with Crippen LogP contribution >= 0.6 is 0 Å². The van der Waals surface area contributed by atoms with E-state index in [1.807, 2.05) is 45.0 Å². The lowest BCUT2D eigenvalue weighted by molar-refractivity contribution is -0.121. The van der Waals surface area contributed by atoms with Crippen LogP contribution in [0.2, 0.25) is 0 Å². The summed E-state index contributed by atoms with van der Waals surface area (Å²) in [6.07, 6.45) is 0.995. The van der Waals surface area contributed by atoms with Crippen LogP contribution in [0.25, 0.3) is 11.1 Å². The van der Waals surface area contributed by atoms with E-state index in [1.165, 1.54) is 27.1 Å². The average molecular weight is 472 g/mol. The number of aromatic nitrogens is 1. The van der Waals surface area contributed by atoms with E-state index in [2.05, 4.69) is 5.32 Å². The standard InChI is InChI=1S/C24H29N3O5S/c1-16-4-6-19(7-5-16)12-25-23(28)15-27-21-9-8-20(11-22(21)32-24(27)29)33(30,31)26-13-17(2)10-18(3)14-26/h4-9,11,17-18H,10,12-15H2,1-3H3,(H,25,28). The van der Waals surface area contributed by atoms with Crippen molar-refractivity contribution in [3.8, 4) is 0 Å². The van der Waals surface area contributed by atoms with Gasteiger partial charge in [-0.3, -0.25) is 9.36 Å². The van der Waals surface area contributed by atoms with Crippen molar-refractivity contribution in [2.45, 2.75) is 45.2 Å². The van der Waals surface area contributed by atoms with Crippen LogP contribution < -0.4 is 11.1 Å². The van der Waals surface area contributed by atoms with E-state index >= 15 is 0 Å². The number of hydrogen-bond donors (Lipinski definition) is 1. The van der Waals surface area contributed by atoms with Crippen LogP contribution in [0.5, 0.6) is 0 Å². The van der Waals surface area contributed by atoms with Gasteiger partial charge in [-0.05, 0) is 42.9 Å². The molecule has 4 rings (SSSR count).